The van der Waals surface area contributed by atoms with Crippen molar-refractivity contribution in [2.75, 3.05) is 6.54 Å². The normalized spacial score (nSPS) is 16.0. The molecular formula is C19H29N5. The van der Waals surface area contributed by atoms with Gasteiger partial charge in [0.15, 0.2) is 0 Å². The first-order valence-corrected chi connectivity index (χ1v) is 9.29. The van der Waals surface area contributed by atoms with Crippen molar-refractivity contribution in [3.8, 4) is 0 Å². The van der Waals surface area contributed by atoms with E-state index in [4.69, 9.17) is 0 Å². The second kappa shape index (κ2) is 8.38. The van der Waals surface area contributed by atoms with Crippen molar-refractivity contribution in [2.45, 2.75) is 65.0 Å². The van der Waals surface area contributed by atoms with Crippen LogP contribution in [0, 0.1) is 5.92 Å². The van der Waals surface area contributed by atoms with Crippen LogP contribution in [-0.4, -0.2) is 26.3 Å². The lowest BCUT2D eigenvalue weighted by Crippen LogP contribution is -2.26. The molecule has 5 heteroatoms. The molecule has 5 nitrogen and oxygen atoms in total. The molecule has 0 radical (unpaired) electrons. The summed E-state index contributed by atoms with van der Waals surface area (Å²) in [6.07, 6.45) is 8.76. The van der Waals surface area contributed by atoms with E-state index in [1.54, 1.807) is 0 Å². The molecule has 0 bridgehead atoms. The molecule has 0 spiro atoms. The van der Waals surface area contributed by atoms with Crippen molar-refractivity contribution in [2.24, 2.45) is 5.92 Å². The highest BCUT2D eigenvalue weighted by Gasteiger charge is 2.17. The molecule has 1 unspecified atom stereocenters. The highest BCUT2D eigenvalue weighted by Crippen LogP contribution is 2.19. The van der Waals surface area contributed by atoms with Gasteiger partial charge in [-0.2, -0.15) is 0 Å². The zero-order chi connectivity index (χ0) is 16.8. The Kier molecular flexibility index (Phi) is 5.96. The molecule has 2 aromatic heterocycles. The number of rotatable bonds is 7. The van der Waals surface area contributed by atoms with Crippen molar-refractivity contribution in [3.63, 3.8) is 0 Å². The summed E-state index contributed by atoms with van der Waals surface area (Å²) in [5.74, 6) is 2.93. The number of hydrogen-bond donors (Lipinski definition) is 1. The first-order valence-electron chi connectivity index (χ1n) is 9.29. The van der Waals surface area contributed by atoms with Crippen molar-refractivity contribution in [3.05, 3.63) is 41.7 Å². The van der Waals surface area contributed by atoms with Gasteiger partial charge in [-0.25, -0.2) is 0 Å². The van der Waals surface area contributed by atoms with Crippen LogP contribution in [0.15, 0.2) is 24.4 Å². The molecule has 3 heterocycles. The number of aromatic nitrogens is 4. The number of fused-ring (bicyclic) bond motifs is 1. The quantitative estimate of drug-likeness (QED) is 0.847. The molecule has 1 aliphatic heterocycles. The smallest absolute Gasteiger partial charge is 0.134 e. The molecule has 0 fully saturated rings. The summed E-state index contributed by atoms with van der Waals surface area (Å²) in [7, 11) is 0. The number of nitrogens with one attached hydrogen (secondary N) is 1. The van der Waals surface area contributed by atoms with E-state index in [0.717, 1.165) is 43.9 Å². The van der Waals surface area contributed by atoms with Gasteiger partial charge in [-0.05, 0) is 37.3 Å². The lowest BCUT2D eigenvalue weighted by molar-refractivity contribution is 0.421. The number of pyridine rings is 1. The van der Waals surface area contributed by atoms with Crippen LogP contribution in [0.25, 0.3) is 0 Å². The largest absolute Gasteiger partial charge is 0.315 e. The van der Waals surface area contributed by atoms with Gasteiger partial charge in [0.2, 0.25) is 0 Å². The molecule has 1 N–H and O–H groups in total. The van der Waals surface area contributed by atoms with Gasteiger partial charge in [-0.3, -0.25) is 4.98 Å². The van der Waals surface area contributed by atoms with Gasteiger partial charge in [0.05, 0.1) is 5.69 Å². The van der Waals surface area contributed by atoms with Gasteiger partial charge in [0, 0.05) is 38.2 Å². The molecule has 130 valence electrons. The highest BCUT2D eigenvalue weighted by molar-refractivity contribution is 5.09. The molecule has 1 atom stereocenters. The standard InChI is InChI=1S/C19H29N5/c1-15(2)14-17(16-8-5-6-11-20-16)21-12-10-19-23-22-18-9-4-3-7-13-24(18)19/h5-6,8,11,15,17,21H,3-4,7,9-10,12-14H2,1-2H3. The van der Waals surface area contributed by atoms with Gasteiger partial charge in [0.25, 0.3) is 0 Å². The summed E-state index contributed by atoms with van der Waals surface area (Å²) < 4.78 is 2.34. The summed E-state index contributed by atoms with van der Waals surface area (Å²) in [5.41, 5.74) is 1.13. The molecule has 0 aromatic carbocycles. The second-order valence-electron chi connectivity index (χ2n) is 7.14. The Labute approximate surface area is 144 Å². The van der Waals surface area contributed by atoms with E-state index in [9.17, 15) is 0 Å². The van der Waals surface area contributed by atoms with Gasteiger partial charge in [-0.1, -0.05) is 26.3 Å². The van der Waals surface area contributed by atoms with E-state index < -0.39 is 0 Å². The fourth-order valence-corrected chi connectivity index (χ4v) is 3.45. The third-order valence-electron chi connectivity index (χ3n) is 4.68. The maximum absolute atomic E-state index is 4.53. The summed E-state index contributed by atoms with van der Waals surface area (Å²) in [6.45, 7) is 6.51. The van der Waals surface area contributed by atoms with Gasteiger partial charge in [0.1, 0.15) is 11.6 Å². The van der Waals surface area contributed by atoms with Gasteiger partial charge < -0.3 is 9.88 Å². The lowest BCUT2D eigenvalue weighted by Gasteiger charge is -2.20. The Bertz CT molecular complexity index is 620. The molecule has 1 aliphatic rings. The van der Waals surface area contributed by atoms with E-state index in [-0.39, 0.29) is 0 Å². The Hall–Kier alpha value is -1.75. The topological polar surface area (TPSA) is 55.6 Å². The molecule has 0 aliphatic carbocycles. The molecule has 0 saturated heterocycles. The third kappa shape index (κ3) is 4.41. The zero-order valence-electron chi connectivity index (χ0n) is 14.9. The average molecular weight is 327 g/mol. The van der Waals surface area contributed by atoms with Crippen molar-refractivity contribution in [1.29, 1.82) is 0 Å². The van der Waals surface area contributed by atoms with Gasteiger partial charge in [-0.15, -0.1) is 10.2 Å². The molecule has 24 heavy (non-hydrogen) atoms. The Morgan fingerprint density at radius 1 is 1.17 bits per heavy atom. The molecule has 0 amide bonds. The van der Waals surface area contributed by atoms with Crippen LogP contribution in [-0.2, 0) is 19.4 Å². The second-order valence-corrected chi connectivity index (χ2v) is 7.14. The minimum atomic E-state index is 0.303. The number of hydrogen-bond acceptors (Lipinski definition) is 4. The maximum Gasteiger partial charge on any atom is 0.134 e. The third-order valence-corrected chi connectivity index (χ3v) is 4.68. The van der Waals surface area contributed by atoms with Crippen LogP contribution < -0.4 is 5.32 Å². The van der Waals surface area contributed by atoms with E-state index in [1.807, 2.05) is 12.3 Å². The van der Waals surface area contributed by atoms with E-state index in [1.165, 1.54) is 25.1 Å². The highest BCUT2D eigenvalue weighted by atomic mass is 15.3. The number of aryl methyl sites for hydroxylation is 1. The Morgan fingerprint density at radius 2 is 2.08 bits per heavy atom. The van der Waals surface area contributed by atoms with Crippen LogP contribution in [0.4, 0.5) is 0 Å². The minimum absolute atomic E-state index is 0.303. The fraction of sp³-hybridized carbons (Fsp3) is 0.632. The van der Waals surface area contributed by atoms with Crippen molar-refractivity contribution in [1.82, 2.24) is 25.1 Å². The lowest BCUT2D eigenvalue weighted by atomic mass is 10.0. The summed E-state index contributed by atoms with van der Waals surface area (Å²) in [5, 5.41) is 12.5. The van der Waals surface area contributed by atoms with E-state index in [0.29, 0.717) is 12.0 Å². The predicted octanol–water partition coefficient (Wildman–Crippen LogP) is 3.32. The summed E-state index contributed by atoms with van der Waals surface area (Å²) >= 11 is 0. The number of nitrogens with zero attached hydrogens (tertiary/aromatic N) is 4. The van der Waals surface area contributed by atoms with Crippen molar-refractivity contribution >= 4 is 0 Å². The summed E-state index contributed by atoms with van der Waals surface area (Å²) in [6, 6.07) is 6.46. The van der Waals surface area contributed by atoms with E-state index >= 15 is 0 Å². The Morgan fingerprint density at radius 3 is 2.88 bits per heavy atom. The average Bonchev–Trinajstić information content (AvgIpc) is 2.81. The van der Waals surface area contributed by atoms with E-state index in [2.05, 4.69) is 51.0 Å². The van der Waals surface area contributed by atoms with Crippen LogP contribution in [0.2, 0.25) is 0 Å². The molecule has 3 rings (SSSR count). The zero-order valence-corrected chi connectivity index (χ0v) is 14.9. The SMILES string of the molecule is CC(C)CC(NCCc1nnc2n1CCCCC2)c1ccccn1. The molecule has 0 saturated carbocycles. The summed E-state index contributed by atoms with van der Waals surface area (Å²) in [4.78, 5) is 4.53. The van der Waals surface area contributed by atoms with Crippen LogP contribution in [0.5, 0.6) is 0 Å². The maximum atomic E-state index is 4.53. The molecular weight excluding hydrogens is 298 g/mol. The minimum Gasteiger partial charge on any atom is -0.315 e. The van der Waals surface area contributed by atoms with Gasteiger partial charge >= 0.3 is 0 Å². The van der Waals surface area contributed by atoms with Crippen LogP contribution in [0.3, 0.4) is 0 Å². The fourth-order valence-electron chi connectivity index (χ4n) is 3.45. The predicted molar refractivity (Wildman–Crippen MR) is 95.7 cm³/mol. The first-order chi connectivity index (χ1) is 11.7. The monoisotopic (exact) mass is 327 g/mol. The van der Waals surface area contributed by atoms with Crippen molar-refractivity contribution < 1.29 is 0 Å². The molecule has 2 aromatic rings. The van der Waals surface area contributed by atoms with Crippen LogP contribution in [0.1, 0.15) is 62.9 Å². The Balaban J connectivity index is 1.60. The first kappa shape index (κ1) is 17.1. The van der Waals surface area contributed by atoms with Crippen LogP contribution >= 0.6 is 0 Å².